The van der Waals surface area contributed by atoms with Crippen molar-refractivity contribution in [2.75, 3.05) is 31.4 Å². The van der Waals surface area contributed by atoms with Crippen LogP contribution in [-0.2, 0) is 19.5 Å². The highest BCUT2D eigenvalue weighted by atomic mass is 32.2. The number of hydrogen-bond donors (Lipinski definition) is 0. The number of rotatable bonds is 10. The number of ether oxygens (including phenoxy) is 2. The molecule has 4 aromatic rings. The van der Waals surface area contributed by atoms with Crippen LogP contribution in [0, 0.1) is 13.8 Å². The Morgan fingerprint density at radius 2 is 1.74 bits per heavy atom. The maximum atomic E-state index is 13.9. The average Bonchev–Trinajstić information content (AvgIpc) is 3.50. The number of benzene rings is 2. The number of hydrogen-bond acceptors (Lipinski definition) is 9. The van der Waals surface area contributed by atoms with Crippen molar-refractivity contribution in [1.82, 2.24) is 15.4 Å². The number of sulfonamides is 1. The summed E-state index contributed by atoms with van der Waals surface area (Å²) in [4.78, 5) is 0.101. The fourth-order valence-corrected chi connectivity index (χ4v) is 4.86. The quantitative estimate of drug-likeness (QED) is 0.244. The summed E-state index contributed by atoms with van der Waals surface area (Å²) >= 11 is 0. The van der Waals surface area contributed by atoms with Crippen LogP contribution in [0.1, 0.15) is 11.3 Å². The van der Waals surface area contributed by atoms with E-state index in [1.165, 1.54) is 6.39 Å². The Labute approximate surface area is 197 Å². The van der Waals surface area contributed by atoms with Gasteiger partial charge in [-0.3, -0.25) is 0 Å². The Morgan fingerprint density at radius 3 is 2.38 bits per heavy atom. The molecule has 0 saturated heterocycles. The SMILES string of the molecule is COCCOCN(c1onc(C)c1C)S(=O)(=O)c1ccccc1-c1ccc(-c2nnco2)cc1. The normalized spacial score (nSPS) is 11.6. The molecule has 0 radical (unpaired) electrons. The summed E-state index contributed by atoms with van der Waals surface area (Å²) in [7, 11) is -2.55. The van der Waals surface area contributed by atoms with E-state index in [1.807, 2.05) is 0 Å². The first-order chi connectivity index (χ1) is 16.4. The smallest absolute Gasteiger partial charge is 0.269 e. The zero-order valence-electron chi connectivity index (χ0n) is 19.0. The lowest BCUT2D eigenvalue weighted by Crippen LogP contribution is -2.34. The minimum atomic E-state index is -4.09. The fourth-order valence-electron chi connectivity index (χ4n) is 3.30. The number of aromatic nitrogens is 3. The standard InChI is InChI=1S/C23H24N4O6S/c1-16-17(2)26-33-23(16)27(15-31-13-12-30-3)34(28,29)21-7-5-4-6-20(21)18-8-10-19(11-9-18)22-25-24-14-32-22/h4-11,14H,12-13,15H2,1-3H3. The maximum Gasteiger partial charge on any atom is 0.269 e. The van der Waals surface area contributed by atoms with E-state index >= 15 is 0 Å². The molecule has 178 valence electrons. The number of nitrogens with zero attached hydrogens (tertiary/aromatic N) is 4. The molecule has 0 saturated carbocycles. The molecule has 0 spiro atoms. The van der Waals surface area contributed by atoms with Gasteiger partial charge in [-0.2, -0.15) is 0 Å². The molecule has 0 unspecified atom stereocenters. The predicted octanol–water partition coefficient (Wildman–Crippen LogP) is 3.82. The first-order valence-electron chi connectivity index (χ1n) is 10.4. The number of methoxy groups -OCH3 is 1. The zero-order valence-corrected chi connectivity index (χ0v) is 19.8. The Kier molecular flexibility index (Phi) is 7.06. The van der Waals surface area contributed by atoms with E-state index < -0.39 is 10.0 Å². The zero-order chi connectivity index (χ0) is 24.1. The summed E-state index contributed by atoms with van der Waals surface area (Å²) in [5.74, 6) is 0.486. The Morgan fingerprint density at radius 1 is 1.00 bits per heavy atom. The molecule has 34 heavy (non-hydrogen) atoms. The summed E-state index contributed by atoms with van der Waals surface area (Å²) in [5.41, 5.74) is 3.16. The lowest BCUT2D eigenvalue weighted by molar-refractivity contribution is 0.0744. The van der Waals surface area contributed by atoms with Crippen molar-refractivity contribution in [3.63, 3.8) is 0 Å². The molecule has 0 aliphatic rings. The predicted molar refractivity (Wildman–Crippen MR) is 124 cm³/mol. The monoisotopic (exact) mass is 484 g/mol. The third-order valence-corrected chi connectivity index (χ3v) is 7.02. The number of aryl methyl sites for hydroxylation is 1. The van der Waals surface area contributed by atoms with Gasteiger partial charge in [-0.1, -0.05) is 35.5 Å². The van der Waals surface area contributed by atoms with Gasteiger partial charge in [-0.05, 0) is 37.6 Å². The van der Waals surface area contributed by atoms with Crippen LogP contribution in [0.3, 0.4) is 0 Å². The fraction of sp³-hybridized carbons (Fsp3) is 0.261. The first-order valence-corrected chi connectivity index (χ1v) is 11.9. The molecular weight excluding hydrogens is 460 g/mol. The minimum absolute atomic E-state index is 0.101. The minimum Gasteiger partial charge on any atom is -0.423 e. The van der Waals surface area contributed by atoms with Gasteiger partial charge in [0.25, 0.3) is 10.0 Å². The van der Waals surface area contributed by atoms with Gasteiger partial charge >= 0.3 is 0 Å². The topological polar surface area (TPSA) is 121 Å². The second-order valence-corrected chi connectivity index (χ2v) is 9.23. The van der Waals surface area contributed by atoms with Gasteiger partial charge in [0.15, 0.2) is 0 Å². The van der Waals surface area contributed by atoms with E-state index in [4.69, 9.17) is 18.4 Å². The molecule has 0 atom stereocenters. The van der Waals surface area contributed by atoms with Gasteiger partial charge in [0, 0.05) is 23.8 Å². The highest BCUT2D eigenvalue weighted by Crippen LogP contribution is 2.34. The van der Waals surface area contributed by atoms with E-state index in [1.54, 1.807) is 69.5 Å². The largest absolute Gasteiger partial charge is 0.423 e. The Bertz CT molecular complexity index is 1330. The van der Waals surface area contributed by atoms with Crippen molar-refractivity contribution in [2.45, 2.75) is 18.7 Å². The van der Waals surface area contributed by atoms with E-state index in [0.717, 1.165) is 9.87 Å². The van der Waals surface area contributed by atoms with Gasteiger partial charge in [-0.25, -0.2) is 12.7 Å². The van der Waals surface area contributed by atoms with Crippen LogP contribution < -0.4 is 4.31 Å². The van der Waals surface area contributed by atoms with Crippen molar-refractivity contribution in [2.24, 2.45) is 0 Å². The van der Waals surface area contributed by atoms with Crippen molar-refractivity contribution >= 4 is 15.9 Å². The molecule has 0 amide bonds. The summed E-state index contributed by atoms with van der Waals surface area (Å²) < 4.78 is 50.1. The van der Waals surface area contributed by atoms with Crippen molar-refractivity contribution < 1.29 is 26.8 Å². The molecule has 0 aliphatic carbocycles. The van der Waals surface area contributed by atoms with Gasteiger partial charge in [0.05, 0.1) is 23.8 Å². The van der Waals surface area contributed by atoms with Gasteiger partial charge < -0.3 is 18.4 Å². The lowest BCUT2D eigenvalue weighted by atomic mass is 10.0. The summed E-state index contributed by atoms with van der Waals surface area (Å²) in [6, 6.07) is 13.9. The molecule has 4 rings (SSSR count). The van der Waals surface area contributed by atoms with Crippen LogP contribution in [0.5, 0.6) is 0 Å². The van der Waals surface area contributed by atoms with Crippen LogP contribution >= 0.6 is 0 Å². The highest BCUT2D eigenvalue weighted by molar-refractivity contribution is 7.93. The third-order valence-electron chi connectivity index (χ3n) is 5.26. The van der Waals surface area contributed by atoms with E-state index in [-0.39, 0.29) is 24.1 Å². The van der Waals surface area contributed by atoms with Crippen LogP contribution in [0.2, 0.25) is 0 Å². The summed E-state index contributed by atoms with van der Waals surface area (Å²) in [6.45, 7) is 3.78. The molecule has 2 heterocycles. The van der Waals surface area contributed by atoms with Gasteiger partial charge in [0.1, 0.15) is 6.73 Å². The van der Waals surface area contributed by atoms with Crippen LogP contribution in [-0.4, -0.2) is 50.8 Å². The lowest BCUT2D eigenvalue weighted by Gasteiger charge is -2.23. The highest BCUT2D eigenvalue weighted by Gasteiger charge is 2.32. The second-order valence-electron chi connectivity index (χ2n) is 7.40. The molecular formula is C23H24N4O6S. The molecule has 11 heteroatoms. The van der Waals surface area contributed by atoms with Crippen molar-refractivity contribution in [1.29, 1.82) is 0 Å². The number of anilines is 1. The molecule has 10 nitrogen and oxygen atoms in total. The first kappa shape index (κ1) is 23.6. The molecule has 0 fully saturated rings. The van der Waals surface area contributed by atoms with Crippen molar-refractivity contribution in [3.05, 3.63) is 66.2 Å². The van der Waals surface area contributed by atoms with Crippen LogP contribution in [0.25, 0.3) is 22.6 Å². The second kappa shape index (κ2) is 10.2. The molecule has 0 aliphatic heterocycles. The Hall–Kier alpha value is -3.54. The van der Waals surface area contributed by atoms with E-state index in [0.29, 0.717) is 34.9 Å². The maximum absolute atomic E-state index is 13.9. The molecule has 2 aromatic carbocycles. The summed E-state index contributed by atoms with van der Waals surface area (Å²) in [6.07, 6.45) is 1.25. The Balaban J connectivity index is 1.73. The van der Waals surface area contributed by atoms with Crippen LogP contribution in [0.4, 0.5) is 5.88 Å². The molecule has 2 aromatic heterocycles. The van der Waals surface area contributed by atoms with Gasteiger partial charge in [0.2, 0.25) is 18.2 Å². The van der Waals surface area contributed by atoms with Crippen molar-refractivity contribution in [3.8, 4) is 22.6 Å². The molecule has 0 bridgehead atoms. The molecule has 0 N–H and O–H groups in total. The van der Waals surface area contributed by atoms with Crippen LogP contribution in [0.15, 0.2) is 68.8 Å². The summed E-state index contributed by atoms with van der Waals surface area (Å²) in [5, 5.41) is 11.5. The van der Waals surface area contributed by atoms with Gasteiger partial charge in [-0.15, -0.1) is 10.2 Å². The van der Waals surface area contributed by atoms with E-state index in [9.17, 15) is 8.42 Å². The third kappa shape index (κ3) is 4.72. The van der Waals surface area contributed by atoms with E-state index in [2.05, 4.69) is 15.4 Å². The average molecular weight is 485 g/mol.